The molecule has 0 aliphatic carbocycles. The van der Waals surface area contributed by atoms with E-state index in [1.807, 2.05) is 11.8 Å². The second kappa shape index (κ2) is 9.00. The highest BCUT2D eigenvalue weighted by Crippen LogP contribution is 2.11. The van der Waals surface area contributed by atoms with E-state index in [4.69, 9.17) is 0 Å². The van der Waals surface area contributed by atoms with Gasteiger partial charge in [0.05, 0.1) is 11.4 Å². The summed E-state index contributed by atoms with van der Waals surface area (Å²) in [7, 11) is -2.03. The molecule has 0 spiro atoms. The number of benzene rings is 1. The number of carbonyl (C=O) groups excluding carboxylic acids is 1. The molecule has 144 valence electrons. The SMILES string of the molecule is CCNC(=NCc1ccc(S(=O)(=O)NC)cc1)N1CCN(C(C)=O)CC1. The number of guanidine groups is 1. The minimum absolute atomic E-state index is 0.100. The van der Waals surface area contributed by atoms with Gasteiger partial charge in [-0.05, 0) is 31.7 Å². The van der Waals surface area contributed by atoms with Crippen LogP contribution in [0, 0.1) is 0 Å². The van der Waals surface area contributed by atoms with Crippen molar-refractivity contribution in [3.05, 3.63) is 29.8 Å². The summed E-state index contributed by atoms with van der Waals surface area (Å²) in [5.41, 5.74) is 0.929. The summed E-state index contributed by atoms with van der Waals surface area (Å²) in [5.74, 6) is 0.908. The van der Waals surface area contributed by atoms with Gasteiger partial charge in [-0.25, -0.2) is 18.1 Å². The van der Waals surface area contributed by atoms with Crippen molar-refractivity contribution in [3.63, 3.8) is 0 Å². The predicted octanol–water partition coefficient (Wildman–Crippen LogP) is 0.224. The van der Waals surface area contributed by atoms with E-state index in [0.29, 0.717) is 19.6 Å². The third-order valence-corrected chi connectivity index (χ3v) is 5.70. The van der Waals surface area contributed by atoms with Gasteiger partial charge in [0.25, 0.3) is 0 Å². The number of hydrogen-bond acceptors (Lipinski definition) is 4. The lowest BCUT2D eigenvalue weighted by molar-refractivity contribution is -0.130. The zero-order chi connectivity index (χ0) is 19.2. The van der Waals surface area contributed by atoms with Gasteiger partial charge in [0.2, 0.25) is 15.9 Å². The van der Waals surface area contributed by atoms with Crippen molar-refractivity contribution in [3.8, 4) is 0 Å². The minimum Gasteiger partial charge on any atom is -0.357 e. The van der Waals surface area contributed by atoms with E-state index >= 15 is 0 Å². The van der Waals surface area contributed by atoms with Crippen LogP contribution < -0.4 is 10.0 Å². The number of sulfonamides is 1. The Bertz CT molecular complexity index is 738. The number of hydrogen-bond donors (Lipinski definition) is 2. The average Bonchev–Trinajstić information content (AvgIpc) is 2.65. The molecular weight excluding hydrogens is 354 g/mol. The van der Waals surface area contributed by atoms with Crippen molar-refractivity contribution in [1.29, 1.82) is 0 Å². The van der Waals surface area contributed by atoms with Crippen LogP contribution >= 0.6 is 0 Å². The van der Waals surface area contributed by atoms with Gasteiger partial charge in [-0.15, -0.1) is 0 Å². The fourth-order valence-electron chi connectivity index (χ4n) is 2.72. The molecule has 1 aliphatic heterocycles. The molecule has 1 heterocycles. The summed E-state index contributed by atoms with van der Waals surface area (Å²) >= 11 is 0. The van der Waals surface area contributed by atoms with Gasteiger partial charge in [0.15, 0.2) is 5.96 Å². The first-order valence-corrected chi connectivity index (χ1v) is 10.2. The molecule has 1 fully saturated rings. The molecule has 0 atom stereocenters. The zero-order valence-corrected chi connectivity index (χ0v) is 16.3. The van der Waals surface area contributed by atoms with Gasteiger partial charge in [0.1, 0.15) is 0 Å². The first-order valence-electron chi connectivity index (χ1n) is 8.68. The van der Waals surface area contributed by atoms with Gasteiger partial charge < -0.3 is 15.1 Å². The molecule has 2 N–H and O–H groups in total. The molecule has 1 saturated heterocycles. The molecule has 0 aromatic heterocycles. The van der Waals surface area contributed by atoms with Crippen LogP contribution in [0.3, 0.4) is 0 Å². The Labute approximate surface area is 155 Å². The summed E-state index contributed by atoms with van der Waals surface area (Å²) in [6.45, 7) is 7.67. The van der Waals surface area contributed by atoms with Gasteiger partial charge in [0, 0.05) is 39.6 Å². The normalized spacial score (nSPS) is 15.9. The molecule has 8 nitrogen and oxygen atoms in total. The lowest BCUT2D eigenvalue weighted by Crippen LogP contribution is -2.53. The highest BCUT2D eigenvalue weighted by molar-refractivity contribution is 7.89. The van der Waals surface area contributed by atoms with Crippen LogP contribution in [0.2, 0.25) is 0 Å². The van der Waals surface area contributed by atoms with Crippen LogP contribution in [0.15, 0.2) is 34.2 Å². The smallest absolute Gasteiger partial charge is 0.240 e. The number of carbonyl (C=O) groups is 1. The molecular formula is C17H27N5O3S. The summed E-state index contributed by atoms with van der Waals surface area (Å²) in [5, 5.41) is 3.28. The number of aliphatic imine (C=N–C) groups is 1. The summed E-state index contributed by atoms with van der Waals surface area (Å²) in [4.78, 5) is 20.3. The molecule has 1 aromatic rings. The lowest BCUT2D eigenvalue weighted by Gasteiger charge is -2.36. The third kappa shape index (κ3) is 5.18. The van der Waals surface area contributed by atoms with Crippen LogP contribution in [0.1, 0.15) is 19.4 Å². The number of rotatable bonds is 5. The largest absolute Gasteiger partial charge is 0.357 e. The van der Waals surface area contributed by atoms with E-state index in [-0.39, 0.29) is 10.8 Å². The minimum atomic E-state index is -3.42. The van der Waals surface area contributed by atoms with Gasteiger partial charge >= 0.3 is 0 Å². The van der Waals surface area contributed by atoms with E-state index in [1.54, 1.807) is 31.2 Å². The Morgan fingerprint density at radius 1 is 1.12 bits per heavy atom. The van der Waals surface area contributed by atoms with Crippen molar-refractivity contribution in [2.75, 3.05) is 39.8 Å². The van der Waals surface area contributed by atoms with Gasteiger partial charge in [-0.2, -0.15) is 0 Å². The number of nitrogens with one attached hydrogen (secondary N) is 2. The summed E-state index contributed by atoms with van der Waals surface area (Å²) in [6, 6.07) is 6.69. The number of piperazine rings is 1. The second-order valence-electron chi connectivity index (χ2n) is 6.01. The summed E-state index contributed by atoms with van der Waals surface area (Å²) in [6.07, 6.45) is 0. The molecule has 26 heavy (non-hydrogen) atoms. The van der Waals surface area contributed by atoms with Crippen LogP contribution in [0.5, 0.6) is 0 Å². The zero-order valence-electron chi connectivity index (χ0n) is 15.5. The van der Waals surface area contributed by atoms with Crippen molar-refractivity contribution in [1.82, 2.24) is 19.8 Å². The Kier molecular flexibility index (Phi) is 6.98. The maximum Gasteiger partial charge on any atom is 0.240 e. The topological polar surface area (TPSA) is 94.1 Å². The van der Waals surface area contributed by atoms with E-state index in [0.717, 1.165) is 31.2 Å². The van der Waals surface area contributed by atoms with E-state index in [2.05, 4.69) is 19.9 Å². The molecule has 0 radical (unpaired) electrons. The van der Waals surface area contributed by atoms with Crippen molar-refractivity contribution < 1.29 is 13.2 Å². The number of nitrogens with zero attached hydrogens (tertiary/aromatic N) is 3. The lowest BCUT2D eigenvalue weighted by atomic mass is 10.2. The first-order chi connectivity index (χ1) is 12.4. The standard InChI is InChI=1S/C17H27N5O3S/c1-4-19-17(22-11-9-21(10-12-22)14(2)23)20-13-15-5-7-16(8-6-15)26(24,25)18-3/h5-8,18H,4,9-13H2,1-3H3,(H,19,20). The van der Waals surface area contributed by atoms with Gasteiger partial charge in [-0.3, -0.25) is 4.79 Å². The highest BCUT2D eigenvalue weighted by Gasteiger charge is 2.20. The quantitative estimate of drug-likeness (QED) is 0.562. The Morgan fingerprint density at radius 3 is 2.19 bits per heavy atom. The number of amides is 1. The third-order valence-electron chi connectivity index (χ3n) is 4.27. The average molecular weight is 382 g/mol. The fourth-order valence-corrected chi connectivity index (χ4v) is 3.45. The molecule has 2 rings (SSSR count). The predicted molar refractivity (Wildman–Crippen MR) is 101 cm³/mol. The van der Waals surface area contributed by atoms with E-state index in [9.17, 15) is 13.2 Å². The van der Waals surface area contributed by atoms with E-state index in [1.165, 1.54) is 7.05 Å². The summed E-state index contributed by atoms with van der Waals surface area (Å²) < 4.78 is 25.8. The van der Waals surface area contributed by atoms with Crippen LogP contribution in [0.25, 0.3) is 0 Å². The maximum atomic E-state index is 11.8. The fraction of sp³-hybridized carbons (Fsp3) is 0.529. The molecule has 0 bridgehead atoms. The van der Waals surface area contributed by atoms with Crippen molar-refractivity contribution >= 4 is 21.9 Å². The Morgan fingerprint density at radius 2 is 1.69 bits per heavy atom. The molecule has 1 aliphatic rings. The molecule has 0 unspecified atom stereocenters. The molecule has 1 amide bonds. The Balaban J connectivity index is 2.04. The monoisotopic (exact) mass is 381 g/mol. The maximum absolute atomic E-state index is 11.8. The van der Waals surface area contributed by atoms with Crippen molar-refractivity contribution in [2.24, 2.45) is 4.99 Å². The molecule has 9 heteroatoms. The van der Waals surface area contributed by atoms with Gasteiger partial charge in [-0.1, -0.05) is 12.1 Å². The molecule has 1 aromatic carbocycles. The second-order valence-corrected chi connectivity index (χ2v) is 7.90. The van der Waals surface area contributed by atoms with Crippen molar-refractivity contribution in [2.45, 2.75) is 25.3 Å². The van der Waals surface area contributed by atoms with E-state index < -0.39 is 10.0 Å². The highest BCUT2D eigenvalue weighted by atomic mass is 32.2. The molecule has 0 saturated carbocycles. The van der Waals surface area contributed by atoms with Crippen LogP contribution in [-0.2, 0) is 21.4 Å². The van der Waals surface area contributed by atoms with Crippen LogP contribution in [-0.4, -0.2) is 69.9 Å². The van der Waals surface area contributed by atoms with Crippen LogP contribution in [0.4, 0.5) is 0 Å². The Hall–Kier alpha value is -2.13. The first kappa shape index (κ1) is 20.2.